The lowest BCUT2D eigenvalue weighted by atomic mass is 10.0. The molecule has 1 atom stereocenters. The molecule has 25 heavy (non-hydrogen) atoms. The van der Waals surface area contributed by atoms with Gasteiger partial charge in [0, 0.05) is 12.3 Å². The predicted octanol–water partition coefficient (Wildman–Crippen LogP) is 4.04. The lowest BCUT2D eigenvalue weighted by Gasteiger charge is -2.12. The zero-order valence-corrected chi connectivity index (χ0v) is 14.9. The summed E-state index contributed by atoms with van der Waals surface area (Å²) in [5.41, 5.74) is 4.15. The van der Waals surface area contributed by atoms with Crippen LogP contribution in [0.1, 0.15) is 29.5 Å². The van der Waals surface area contributed by atoms with Crippen molar-refractivity contribution in [3.05, 3.63) is 59.2 Å². The molecule has 0 bridgehead atoms. The van der Waals surface area contributed by atoms with Crippen molar-refractivity contribution in [1.29, 1.82) is 0 Å². The zero-order valence-electron chi connectivity index (χ0n) is 14.9. The summed E-state index contributed by atoms with van der Waals surface area (Å²) in [7, 11) is 0. The molecule has 3 rings (SSSR count). The normalized spacial score (nSPS) is 16.6. The van der Waals surface area contributed by atoms with Crippen molar-refractivity contribution in [3.63, 3.8) is 0 Å². The quantitative estimate of drug-likeness (QED) is 0.864. The second kappa shape index (κ2) is 8.17. The highest BCUT2D eigenvalue weighted by atomic mass is 16.5. The summed E-state index contributed by atoms with van der Waals surface area (Å²) in [5.74, 6) is 0.782. The van der Waals surface area contributed by atoms with Crippen LogP contribution in [0.15, 0.2) is 42.5 Å². The van der Waals surface area contributed by atoms with E-state index in [1.807, 2.05) is 38.1 Å². The first kappa shape index (κ1) is 17.5. The Morgan fingerprint density at radius 3 is 2.72 bits per heavy atom. The van der Waals surface area contributed by atoms with E-state index in [1.54, 1.807) is 0 Å². The minimum Gasteiger partial charge on any atom is -0.491 e. The summed E-state index contributed by atoms with van der Waals surface area (Å²) in [6.07, 6.45) is 2.76. The van der Waals surface area contributed by atoms with E-state index in [9.17, 15) is 4.79 Å². The minimum absolute atomic E-state index is 0.0123. The third-order valence-corrected chi connectivity index (χ3v) is 4.45. The van der Waals surface area contributed by atoms with Gasteiger partial charge in [-0.25, -0.2) is 0 Å². The van der Waals surface area contributed by atoms with Gasteiger partial charge in [-0.1, -0.05) is 23.8 Å². The maximum Gasteiger partial charge on any atom is 0.228 e. The van der Waals surface area contributed by atoms with E-state index in [0.717, 1.165) is 42.0 Å². The summed E-state index contributed by atoms with van der Waals surface area (Å²) < 4.78 is 11.3. The Hall–Kier alpha value is -2.33. The van der Waals surface area contributed by atoms with Crippen molar-refractivity contribution in [2.75, 3.05) is 18.5 Å². The fourth-order valence-electron chi connectivity index (χ4n) is 2.97. The summed E-state index contributed by atoms with van der Waals surface area (Å²) in [6.45, 7) is 5.48. The van der Waals surface area contributed by atoms with Crippen LogP contribution in [0.25, 0.3) is 0 Å². The number of aryl methyl sites for hydroxylation is 2. The van der Waals surface area contributed by atoms with Gasteiger partial charge >= 0.3 is 0 Å². The van der Waals surface area contributed by atoms with Crippen LogP contribution in [-0.4, -0.2) is 25.2 Å². The Bertz CT molecular complexity index is 718. The Balaban J connectivity index is 1.51. The third-order valence-electron chi connectivity index (χ3n) is 4.45. The first-order valence-corrected chi connectivity index (χ1v) is 8.80. The van der Waals surface area contributed by atoms with Crippen LogP contribution >= 0.6 is 0 Å². The smallest absolute Gasteiger partial charge is 0.228 e. The molecule has 0 aromatic heterocycles. The summed E-state index contributed by atoms with van der Waals surface area (Å²) in [4.78, 5) is 12.3. The lowest BCUT2D eigenvalue weighted by molar-refractivity contribution is -0.115. The average Bonchev–Trinajstić information content (AvgIpc) is 3.11. The number of carbonyl (C=O) groups is 1. The van der Waals surface area contributed by atoms with Gasteiger partial charge < -0.3 is 14.8 Å². The third kappa shape index (κ3) is 5.07. The van der Waals surface area contributed by atoms with Crippen molar-refractivity contribution < 1.29 is 14.3 Å². The zero-order chi connectivity index (χ0) is 17.6. The Labute approximate surface area is 149 Å². The van der Waals surface area contributed by atoms with Crippen LogP contribution < -0.4 is 10.1 Å². The number of amides is 1. The lowest BCUT2D eigenvalue weighted by Crippen LogP contribution is -2.16. The van der Waals surface area contributed by atoms with E-state index in [4.69, 9.17) is 9.47 Å². The van der Waals surface area contributed by atoms with Crippen LogP contribution in [0.4, 0.5) is 5.69 Å². The molecule has 1 fully saturated rings. The molecule has 1 N–H and O–H groups in total. The summed E-state index contributed by atoms with van der Waals surface area (Å²) in [5, 5.41) is 2.94. The second-order valence-corrected chi connectivity index (χ2v) is 6.63. The van der Waals surface area contributed by atoms with Crippen LogP contribution in [-0.2, 0) is 16.0 Å². The van der Waals surface area contributed by atoms with E-state index in [0.29, 0.717) is 13.0 Å². The van der Waals surface area contributed by atoms with Gasteiger partial charge in [-0.3, -0.25) is 4.79 Å². The molecule has 0 radical (unpaired) electrons. The molecule has 2 aromatic rings. The van der Waals surface area contributed by atoms with Crippen LogP contribution in [0.5, 0.6) is 5.75 Å². The fraction of sp³-hybridized carbons (Fsp3) is 0.381. The molecule has 1 heterocycles. The number of hydrogen-bond donors (Lipinski definition) is 1. The van der Waals surface area contributed by atoms with Gasteiger partial charge in [-0.2, -0.15) is 0 Å². The number of ether oxygens (including phenoxy) is 2. The molecule has 1 aliphatic heterocycles. The number of nitrogens with one attached hydrogen (secondary N) is 1. The van der Waals surface area contributed by atoms with Gasteiger partial charge in [0.25, 0.3) is 0 Å². The molecule has 0 saturated carbocycles. The Kier molecular flexibility index (Phi) is 5.71. The molecule has 4 heteroatoms. The molecule has 132 valence electrons. The molecule has 0 aliphatic carbocycles. The Morgan fingerprint density at radius 1 is 1.20 bits per heavy atom. The molecule has 4 nitrogen and oxygen atoms in total. The molecular weight excluding hydrogens is 314 g/mol. The van der Waals surface area contributed by atoms with E-state index < -0.39 is 0 Å². The van der Waals surface area contributed by atoms with Crippen molar-refractivity contribution in [3.8, 4) is 5.75 Å². The second-order valence-electron chi connectivity index (χ2n) is 6.63. The van der Waals surface area contributed by atoms with Gasteiger partial charge in [0.05, 0.1) is 12.5 Å². The maximum atomic E-state index is 12.3. The summed E-state index contributed by atoms with van der Waals surface area (Å²) >= 11 is 0. The highest BCUT2D eigenvalue weighted by Gasteiger charge is 2.16. The van der Waals surface area contributed by atoms with Gasteiger partial charge in [0.1, 0.15) is 12.4 Å². The number of benzene rings is 2. The fourth-order valence-corrected chi connectivity index (χ4v) is 2.97. The molecule has 1 saturated heterocycles. The van der Waals surface area contributed by atoms with E-state index in [-0.39, 0.29) is 12.0 Å². The van der Waals surface area contributed by atoms with Gasteiger partial charge in [0.15, 0.2) is 0 Å². The van der Waals surface area contributed by atoms with E-state index in [2.05, 4.69) is 23.5 Å². The number of hydrogen-bond acceptors (Lipinski definition) is 3. The van der Waals surface area contributed by atoms with E-state index in [1.165, 1.54) is 5.56 Å². The molecule has 2 aromatic carbocycles. The number of rotatable bonds is 6. The van der Waals surface area contributed by atoms with Gasteiger partial charge in [0.2, 0.25) is 5.91 Å². The van der Waals surface area contributed by atoms with Crippen molar-refractivity contribution in [2.24, 2.45) is 0 Å². The number of anilines is 1. The molecule has 1 unspecified atom stereocenters. The highest BCUT2D eigenvalue weighted by molar-refractivity contribution is 5.92. The highest BCUT2D eigenvalue weighted by Crippen LogP contribution is 2.19. The monoisotopic (exact) mass is 339 g/mol. The van der Waals surface area contributed by atoms with Crippen LogP contribution in [0.3, 0.4) is 0 Å². The topological polar surface area (TPSA) is 47.6 Å². The molecule has 0 spiro atoms. The summed E-state index contributed by atoms with van der Waals surface area (Å²) in [6, 6.07) is 13.7. The molecule has 1 aliphatic rings. The number of carbonyl (C=O) groups excluding carboxylic acids is 1. The van der Waals surface area contributed by atoms with Crippen LogP contribution in [0.2, 0.25) is 0 Å². The predicted molar refractivity (Wildman–Crippen MR) is 99.2 cm³/mol. The SMILES string of the molecule is Cc1ccc(C)c(CC(=O)Nc2ccc(OCC3CCCO3)cc2)c1. The maximum absolute atomic E-state index is 12.3. The van der Waals surface area contributed by atoms with Crippen LogP contribution in [0, 0.1) is 13.8 Å². The largest absolute Gasteiger partial charge is 0.491 e. The van der Waals surface area contributed by atoms with Crippen molar-refractivity contribution in [1.82, 2.24) is 0 Å². The Morgan fingerprint density at radius 2 is 2.00 bits per heavy atom. The van der Waals surface area contributed by atoms with Gasteiger partial charge in [-0.15, -0.1) is 0 Å². The van der Waals surface area contributed by atoms with Crippen molar-refractivity contribution >= 4 is 11.6 Å². The average molecular weight is 339 g/mol. The van der Waals surface area contributed by atoms with Crippen molar-refractivity contribution in [2.45, 2.75) is 39.2 Å². The first-order chi connectivity index (χ1) is 12.1. The van der Waals surface area contributed by atoms with E-state index >= 15 is 0 Å². The molecule has 1 amide bonds. The standard InChI is InChI=1S/C21H25NO3/c1-15-5-6-16(2)17(12-15)13-21(23)22-18-7-9-19(10-8-18)25-14-20-4-3-11-24-20/h5-10,12,20H,3-4,11,13-14H2,1-2H3,(H,22,23). The minimum atomic E-state index is -0.0123. The first-order valence-electron chi connectivity index (χ1n) is 8.80. The van der Waals surface area contributed by atoms with Gasteiger partial charge in [-0.05, 0) is 62.1 Å². The molecular formula is C21H25NO3.